The zero-order chi connectivity index (χ0) is 22.8. The Kier molecular flexibility index (Phi) is 6.21. The number of nitrogens with one attached hydrogen (secondary N) is 1. The van der Waals surface area contributed by atoms with Crippen molar-refractivity contribution in [2.24, 2.45) is 0 Å². The van der Waals surface area contributed by atoms with Gasteiger partial charge in [-0.1, -0.05) is 23.8 Å². The summed E-state index contributed by atoms with van der Waals surface area (Å²) in [6, 6.07) is 12.3. The largest absolute Gasteiger partial charge is 0.416 e. The van der Waals surface area contributed by atoms with E-state index in [1.165, 1.54) is 35.0 Å². The van der Waals surface area contributed by atoms with Crippen LogP contribution in [-0.4, -0.2) is 29.9 Å². The number of sulfone groups is 1. The minimum atomic E-state index is -4.52. The standard InChI is InChI=1S/C21H20F3N3O3S/c1-14-6-8-18(9-7-14)31(29,30)11-10-20(28)25-19-12-15(2)26-27(19)17-5-3-4-16(13-17)21(22,23)24/h3-9,12-13H,10-11H2,1-2H3,(H,25,28). The summed E-state index contributed by atoms with van der Waals surface area (Å²) in [7, 11) is -3.65. The summed E-state index contributed by atoms with van der Waals surface area (Å²) in [5.74, 6) is -0.850. The second kappa shape index (κ2) is 8.54. The summed E-state index contributed by atoms with van der Waals surface area (Å²) >= 11 is 0. The number of anilines is 1. The van der Waals surface area contributed by atoms with Gasteiger partial charge in [-0.2, -0.15) is 18.3 Å². The van der Waals surface area contributed by atoms with Crippen LogP contribution in [0.15, 0.2) is 59.5 Å². The number of amides is 1. The van der Waals surface area contributed by atoms with E-state index in [1.54, 1.807) is 19.1 Å². The quantitative estimate of drug-likeness (QED) is 0.606. The third-order valence-corrected chi connectivity index (χ3v) is 6.23. The van der Waals surface area contributed by atoms with Crippen molar-refractivity contribution in [3.63, 3.8) is 0 Å². The molecule has 1 aromatic heterocycles. The van der Waals surface area contributed by atoms with Gasteiger partial charge in [-0.3, -0.25) is 4.79 Å². The van der Waals surface area contributed by atoms with Crippen LogP contribution < -0.4 is 5.32 Å². The van der Waals surface area contributed by atoms with Gasteiger partial charge in [-0.15, -0.1) is 0 Å². The van der Waals surface area contributed by atoms with Crippen molar-refractivity contribution in [1.82, 2.24) is 9.78 Å². The first-order valence-corrected chi connectivity index (χ1v) is 10.9. The minimum Gasteiger partial charge on any atom is -0.311 e. The van der Waals surface area contributed by atoms with Crippen LogP contribution in [0.1, 0.15) is 23.2 Å². The number of carbonyl (C=O) groups excluding carboxylic acids is 1. The number of alkyl halides is 3. The topological polar surface area (TPSA) is 81.1 Å². The lowest BCUT2D eigenvalue weighted by molar-refractivity contribution is -0.137. The van der Waals surface area contributed by atoms with Crippen molar-refractivity contribution in [3.05, 3.63) is 71.4 Å². The molecule has 1 N–H and O–H groups in total. The summed E-state index contributed by atoms with van der Waals surface area (Å²) < 4.78 is 65.1. The monoisotopic (exact) mass is 451 g/mol. The highest BCUT2D eigenvalue weighted by Gasteiger charge is 2.30. The SMILES string of the molecule is Cc1ccc(S(=O)(=O)CCC(=O)Nc2cc(C)nn2-c2cccc(C(F)(F)F)c2)cc1. The highest BCUT2D eigenvalue weighted by atomic mass is 32.2. The van der Waals surface area contributed by atoms with E-state index in [-0.39, 0.29) is 22.8 Å². The number of hydrogen-bond acceptors (Lipinski definition) is 4. The predicted molar refractivity (Wildman–Crippen MR) is 110 cm³/mol. The maximum atomic E-state index is 13.0. The van der Waals surface area contributed by atoms with Crippen molar-refractivity contribution >= 4 is 21.6 Å². The summed E-state index contributed by atoms with van der Waals surface area (Å²) in [5.41, 5.74) is 0.653. The number of aromatic nitrogens is 2. The van der Waals surface area contributed by atoms with Crippen molar-refractivity contribution in [2.45, 2.75) is 31.3 Å². The highest BCUT2D eigenvalue weighted by Crippen LogP contribution is 2.31. The number of rotatable bonds is 6. The molecule has 0 aliphatic rings. The van der Waals surface area contributed by atoms with Gasteiger partial charge >= 0.3 is 6.18 Å². The summed E-state index contributed by atoms with van der Waals surface area (Å²) in [6.07, 6.45) is -4.84. The fourth-order valence-electron chi connectivity index (χ4n) is 2.90. The van der Waals surface area contributed by atoms with Crippen molar-refractivity contribution in [1.29, 1.82) is 0 Å². The number of aryl methyl sites for hydroxylation is 2. The number of carbonyl (C=O) groups is 1. The molecule has 0 bridgehead atoms. The molecule has 0 saturated carbocycles. The fraction of sp³-hybridized carbons (Fsp3) is 0.238. The van der Waals surface area contributed by atoms with Gasteiger partial charge in [0.05, 0.1) is 27.6 Å². The predicted octanol–water partition coefficient (Wildman–Crippen LogP) is 4.31. The van der Waals surface area contributed by atoms with Gasteiger partial charge in [0.2, 0.25) is 5.91 Å². The smallest absolute Gasteiger partial charge is 0.311 e. The number of nitrogens with zero attached hydrogens (tertiary/aromatic N) is 2. The van der Waals surface area contributed by atoms with Crippen LogP contribution in [0.25, 0.3) is 5.69 Å². The van der Waals surface area contributed by atoms with Gasteiger partial charge in [0.25, 0.3) is 0 Å². The molecule has 10 heteroatoms. The molecule has 6 nitrogen and oxygen atoms in total. The number of halogens is 3. The van der Waals surface area contributed by atoms with E-state index in [9.17, 15) is 26.4 Å². The van der Waals surface area contributed by atoms with Crippen molar-refractivity contribution < 1.29 is 26.4 Å². The van der Waals surface area contributed by atoms with E-state index in [1.807, 2.05) is 6.92 Å². The van der Waals surface area contributed by atoms with Crippen LogP contribution in [-0.2, 0) is 20.8 Å². The Hall–Kier alpha value is -3.14. The molecule has 31 heavy (non-hydrogen) atoms. The van der Waals surface area contributed by atoms with Gasteiger partial charge in [0.15, 0.2) is 9.84 Å². The lowest BCUT2D eigenvalue weighted by atomic mass is 10.2. The van der Waals surface area contributed by atoms with Crippen LogP contribution in [0.2, 0.25) is 0 Å². The van der Waals surface area contributed by atoms with E-state index < -0.39 is 33.2 Å². The molecular weight excluding hydrogens is 431 g/mol. The molecule has 0 radical (unpaired) electrons. The first kappa shape index (κ1) is 22.5. The maximum Gasteiger partial charge on any atom is 0.416 e. The van der Waals surface area contributed by atoms with E-state index in [2.05, 4.69) is 10.4 Å². The minimum absolute atomic E-state index is 0.116. The van der Waals surface area contributed by atoms with Gasteiger partial charge in [0.1, 0.15) is 5.82 Å². The molecule has 2 aromatic carbocycles. The third-order valence-electron chi connectivity index (χ3n) is 4.50. The lowest BCUT2D eigenvalue weighted by Gasteiger charge is -2.12. The zero-order valence-corrected chi connectivity index (χ0v) is 17.6. The number of benzene rings is 2. The molecule has 0 fully saturated rings. The third kappa shape index (κ3) is 5.52. The summed E-state index contributed by atoms with van der Waals surface area (Å²) in [6.45, 7) is 3.46. The van der Waals surface area contributed by atoms with E-state index in [0.29, 0.717) is 5.69 Å². The molecular formula is C21H20F3N3O3S. The first-order chi connectivity index (χ1) is 14.5. The average molecular weight is 451 g/mol. The Bertz CT molecular complexity index is 1200. The molecule has 164 valence electrons. The molecule has 0 spiro atoms. The lowest BCUT2D eigenvalue weighted by Crippen LogP contribution is -2.19. The Morgan fingerprint density at radius 1 is 1.06 bits per heavy atom. The molecule has 3 rings (SSSR count). The Labute approximate surface area is 177 Å². The van der Waals surface area contributed by atoms with E-state index >= 15 is 0 Å². The van der Waals surface area contributed by atoms with Crippen molar-refractivity contribution in [2.75, 3.05) is 11.1 Å². The fourth-order valence-corrected chi connectivity index (χ4v) is 4.14. The van der Waals surface area contributed by atoms with Crippen LogP contribution in [0.3, 0.4) is 0 Å². The summed E-state index contributed by atoms with van der Waals surface area (Å²) in [4.78, 5) is 12.5. The van der Waals surface area contributed by atoms with E-state index in [0.717, 1.165) is 17.7 Å². The second-order valence-corrected chi connectivity index (χ2v) is 9.17. The van der Waals surface area contributed by atoms with Crippen LogP contribution >= 0.6 is 0 Å². The van der Waals surface area contributed by atoms with Crippen LogP contribution in [0.4, 0.5) is 19.0 Å². The zero-order valence-electron chi connectivity index (χ0n) is 16.8. The molecule has 1 amide bonds. The first-order valence-electron chi connectivity index (χ1n) is 9.29. The van der Waals surface area contributed by atoms with Crippen LogP contribution in [0.5, 0.6) is 0 Å². The van der Waals surface area contributed by atoms with Gasteiger partial charge in [-0.05, 0) is 44.2 Å². The molecule has 0 unspecified atom stereocenters. The second-order valence-electron chi connectivity index (χ2n) is 7.06. The Morgan fingerprint density at radius 2 is 1.74 bits per heavy atom. The molecule has 1 heterocycles. The average Bonchev–Trinajstić information content (AvgIpc) is 3.06. The van der Waals surface area contributed by atoms with Gasteiger partial charge in [0, 0.05) is 12.5 Å². The number of hydrogen-bond donors (Lipinski definition) is 1. The normalized spacial score (nSPS) is 12.0. The summed E-state index contributed by atoms with van der Waals surface area (Å²) in [5, 5.41) is 6.68. The van der Waals surface area contributed by atoms with E-state index in [4.69, 9.17) is 0 Å². The van der Waals surface area contributed by atoms with Gasteiger partial charge in [-0.25, -0.2) is 13.1 Å². The molecule has 0 saturated heterocycles. The Balaban J connectivity index is 1.75. The van der Waals surface area contributed by atoms with Crippen molar-refractivity contribution in [3.8, 4) is 5.69 Å². The van der Waals surface area contributed by atoms with Crippen LogP contribution in [0, 0.1) is 13.8 Å². The van der Waals surface area contributed by atoms with Gasteiger partial charge < -0.3 is 5.32 Å². The highest BCUT2D eigenvalue weighted by molar-refractivity contribution is 7.91. The molecule has 0 aliphatic carbocycles. The molecule has 0 aliphatic heterocycles. The molecule has 0 atom stereocenters. The molecule has 3 aromatic rings. The maximum absolute atomic E-state index is 13.0. The Morgan fingerprint density at radius 3 is 2.39 bits per heavy atom.